The Labute approximate surface area is 109 Å². The van der Waals surface area contributed by atoms with E-state index >= 15 is 0 Å². The first kappa shape index (κ1) is 11.9. The maximum Gasteiger partial charge on any atom is 0.295 e. The van der Waals surface area contributed by atoms with Gasteiger partial charge in [-0.1, -0.05) is 0 Å². The van der Waals surface area contributed by atoms with E-state index in [1.165, 1.54) is 0 Å². The van der Waals surface area contributed by atoms with Crippen molar-refractivity contribution in [3.8, 4) is 11.4 Å². The second-order valence-electron chi connectivity index (χ2n) is 4.49. The van der Waals surface area contributed by atoms with Gasteiger partial charge < -0.3 is 9.67 Å². The Morgan fingerprint density at radius 3 is 3.11 bits per heavy atom. The number of H-pyrrole nitrogens is 1. The standard InChI is InChI=1S/C12H14N4O3/c1-15-4-2-3-11(15)9-5-10(14-13-9)12(18)16-6-8(17)7-19-16/h2-5,8,17H,6-7H2,1H3,(H,13,14)/t8-/m0/s1. The zero-order chi connectivity index (χ0) is 13.4. The van der Waals surface area contributed by atoms with Crippen molar-refractivity contribution in [3.05, 3.63) is 30.1 Å². The monoisotopic (exact) mass is 262 g/mol. The van der Waals surface area contributed by atoms with Crippen molar-refractivity contribution in [2.75, 3.05) is 13.2 Å². The van der Waals surface area contributed by atoms with Crippen molar-refractivity contribution in [2.24, 2.45) is 7.05 Å². The molecule has 7 nitrogen and oxygen atoms in total. The molecule has 1 atom stereocenters. The molecule has 0 radical (unpaired) electrons. The molecule has 1 aliphatic heterocycles. The summed E-state index contributed by atoms with van der Waals surface area (Å²) in [5.74, 6) is -0.329. The van der Waals surface area contributed by atoms with Gasteiger partial charge >= 0.3 is 0 Å². The molecule has 100 valence electrons. The number of rotatable bonds is 2. The molecule has 0 aromatic carbocycles. The van der Waals surface area contributed by atoms with E-state index in [1.807, 2.05) is 29.9 Å². The molecular weight excluding hydrogens is 248 g/mol. The smallest absolute Gasteiger partial charge is 0.295 e. The number of aliphatic hydroxyl groups excluding tert-OH is 1. The molecule has 7 heteroatoms. The topological polar surface area (TPSA) is 83.4 Å². The number of hydrogen-bond acceptors (Lipinski definition) is 4. The van der Waals surface area contributed by atoms with Crippen LogP contribution in [0.1, 0.15) is 10.5 Å². The summed E-state index contributed by atoms with van der Waals surface area (Å²) in [6.45, 7) is 0.321. The van der Waals surface area contributed by atoms with Crippen LogP contribution in [0.5, 0.6) is 0 Å². The molecule has 0 aliphatic carbocycles. The Morgan fingerprint density at radius 1 is 1.63 bits per heavy atom. The summed E-state index contributed by atoms with van der Waals surface area (Å²) >= 11 is 0. The van der Waals surface area contributed by atoms with Crippen LogP contribution in [-0.2, 0) is 11.9 Å². The molecule has 1 amide bonds. The Bertz CT molecular complexity index is 604. The van der Waals surface area contributed by atoms with Crippen LogP contribution < -0.4 is 0 Å². The molecule has 2 aromatic heterocycles. The minimum absolute atomic E-state index is 0.143. The molecule has 3 rings (SSSR count). The molecule has 0 saturated carbocycles. The van der Waals surface area contributed by atoms with Gasteiger partial charge in [0, 0.05) is 13.2 Å². The third-order valence-electron chi connectivity index (χ3n) is 3.04. The summed E-state index contributed by atoms with van der Waals surface area (Å²) in [6.07, 6.45) is 1.28. The third kappa shape index (κ3) is 2.13. The number of hydroxylamine groups is 2. The number of aliphatic hydroxyl groups is 1. The normalized spacial score (nSPS) is 19.1. The van der Waals surface area contributed by atoms with E-state index in [2.05, 4.69) is 10.2 Å². The molecule has 2 aromatic rings. The fourth-order valence-electron chi connectivity index (χ4n) is 2.04. The zero-order valence-electron chi connectivity index (χ0n) is 10.4. The number of aryl methyl sites for hydroxylation is 1. The Hall–Kier alpha value is -2.12. The maximum absolute atomic E-state index is 12.1. The average molecular weight is 262 g/mol. The minimum atomic E-state index is -0.626. The lowest BCUT2D eigenvalue weighted by molar-refractivity contribution is -0.0783. The van der Waals surface area contributed by atoms with Crippen LogP contribution in [0.15, 0.2) is 24.4 Å². The first-order chi connectivity index (χ1) is 9.15. The summed E-state index contributed by atoms with van der Waals surface area (Å²) < 4.78 is 1.92. The highest BCUT2D eigenvalue weighted by atomic mass is 16.7. The number of nitrogens with zero attached hydrogens (tertiary/aromatic N) is 3. The summed E-state index contributed by atoms with van der Waals surface area (Å²) in [5.41, 5.74) is 1.94. The zero-order valence-corrected chi connectivity index (χ0v) is 10.4. The van der Waals surface area contributed by atoms with Crippen molar-refractivity contribution in [1.29, 1.82) is 0 Å². The molecule has 0 unspecified atom stereocenters. The second-order valence-corrected chi connectivity index (χ2v) is 4.49. The van der Waals surface area contributed by atoms with E-state index in [1.54, 1.807) is 6.07 Å². The fraction of sp³-hybridized carbons (Fsp3) is 0.333. The minimum Gasteiger partial charge on any atom is -0.389 e. The number of amides is 1. The highest BCUT2D eigenvalue weighted by molar-refractivity contribution is 5.92. The van der Waals surface area contributed by atoms with E-state index in [0.29, 0.717) is 11.4 Å². The van der Waals surface area contributed by atoms with Gasteiger partial charge in [-0.2, -0.15) is 5.10 Å². The predicted molar refractivity (Wildman–Crippen MR) is 66.0 cm³/mol. The number of carbonyl (C=O) groups excluding carboxylic acids is 1. The lowest BCUT2D eigenvalue weighted by Gasteiger charge is -2.11. The van der Waals surface area contributed by atoms with Crippen LogP contribution in [0.25, 0.3) is 11.4 Å². The molecule has 2 N–H and O–H groups in total. The predicted octanol–water partition coefficient (Wildman–Crippen LogP) is 0.163. The summed E-state index contributed by atoms with van der Waals surface area (Å²) in [6, 6.07) is 5.50. The number of aromatic amines is 1. The average Bonchev–Trinajstić information content (AvgIpc) is 3.08. The number of carbonyl (C=O) groups is 1. The lowest BCUT2D eigenvalue weighted by atomic mass is 10.2. The van der Waals surface area contributed by atoms with Gasteiger partial charge in [0.25, 0.3) is 5.91 Å². The highest BCUT2D eigenvalue weighted by Gasteiger charge is 2.28. The number of β-amino-alcohol motifs (C(OH)–C–C–N with tert-alkyl or cyclic N) is 1. The van der Waals surface area contributed by atoms with Crippen LogP contribution in [-0.4, -0.2) is 50.1 Å². The molecular formula is C12H14N4O3. The SMILES string of the molecule is Cn1cccc1-c1cc(C(=O)N2C[C@H](O)CO2)[nH]n1. The van der Waals surface area contributed by atoms with Crippen LogP contribution in [0, 0.1) is 0 Å². The molecule has 1 fully saturated rings. The first-order valence-corrected chi connectivity index (χ1v) is 5.95. The maximum atomic E-state index is 12.1. The van der Waals surface area contributed by atoms with Gasteiger partial charge in [-0.15, -0.1) is 0 Å². The third-order valence-corrected chi connectivity index (χ3v) is 3.04. The van der Waals surface area contributed by atoms with E-state index in [0.717, 1.165) is 10.8 Å². The highest BCUT2D eigenvalue weighted by Crippen LogP contribution is 2.19. The van der Waals surface area contributed by atoms with Gasteiger partial charge in [0.2, 0.25) is 0 Å². The van der Waals surface area contributed by atoms with Gasteiger partial charge in [-0.25, -0.2) is 5.06 Å². The Kier molecular flexibility index (Phi) is 2.84. The van der Waals surface area contributed by atoms with Crippen molar-refractivity contribution in [1.82, 2.24) is 19.8 Å². The van der Waals surface area contributed by atoms with Crippen LogP contribution >= 0.6 is 0 Å². The second kappa shape index (κ2) is 4.52. The van der Waals surface area contributed by atoms with E-state index < -0.39 is 6.10 Å². The van der Waals surface area contributed by atoms with E-state index in [9.17, 15) is 9.90 Å². The van der Waals surface area contributed by atoms with Crippen molar-refractivity contribution in [2.45, 2.75) is 6.10 Å². The van der Waals surface area contributed by atoms with Crippen molar-refractivity contribution >= 4 is 5.91 Å². The van der Waals surface area contributed by atoms with Crippen LogP contribution in [0.4, 0.5) is 0 Å². The first-order valence-electron chi connectivity index (χ1n) is 5.95. The van der Waals surface area contributed by atoms with E-state index in [-0.39, 0.29) is 19.1 Å². The fourth-order valence-corrected chi connectivity index (χ4v) is 2.04. The largest absolute Gasteiger partial charge is 0.389 e. The molecule has 19 heavy (non-hydrogen) atoms. The van der Waals surface area contributed by atoms with Gasteiger partial charge in [0.1, 0.15) is 24.1 Å². The molecule has 3 heterocycles. The van der Waals surface area contributed by atoms with Gasteiger partial charge in [-0.3, -0.25) is 14.7 Å². The van der Waals surface area contributed by atoms with Crippen LogP contribution in [0.2, 0.25) is 0 Å². The van der Waals surface area contributed by atoms with Gasteiger partial charge in [0.05, 0.1) is 12.2 Å². The molecule has 0 bridgehead atoms. The summed E-state index contributed by atoms with van der Waals surface area (Å²) in [5, 5.41) is 17.3. The number of nitrogens with one attached hydrogen (secondary N) is 1. The number of aromatic nitrogens is 3. The Balaban J connectivity index is 1.82. The molecule has 1 saturated heterocycles. The van der Waals surface area contributed by atoms with Gasteiger partial charge in [0.15, 0.2) is 0 Å². The van der Waals surface area contributed by atoms with Crippen LogP contribution in [0.3, 0.4) is 0 Å². The van der Waals surface area contributed by atoms with Crippen molar-refractivity contribution < 1.29 is 14.7 Å². The van der Waals surface area contributed by atoms with E-state index in [4.69, 9.17) is 4.84 Å². The summed E-state index contributed by atoms with van der Waals surface area (Å²) in [7, 11) is 1.91. The molecule has 0 spiro atoms. The quantitative estimate of drug-likeness (QED) is 0.807. The summed E-state index contributed by atoms with van der Waals surface area (Å²) in [4.78, 5) is 17.2. The van der Waals surface area contributed by atoms with Gasteiger partial charge in [-0.05, 0) is 18.2 Å². The molecule has 1 aliphatic rings. The lowest BCUT2D eigenvalue weighted by Crippen LogP contribution is -2.28. The Morgan fingerprint density at radius 2 is 2.47 bits per heavy atom. The van der Waals surface area contributed by atoms with Crippen molar-refractivity contribution in [3.63, 3.8) is 0 Å². The number of hydrogen-bond donors (Lipinski definition) is 2.